The smallest absolute Gasteiger partial charge is 0.323 e. The highest BCUT2D eigenvalue weighted by atomic mass is 16.5. The van der Waals surface area contributed by atoms with E-state index in [0.29, 0.717) is 17.3 Å². The van der Waals surface area contributed by atoms with Crippen molar-refractivity contribution in [3.8, 4) is 22.9 Å². The van der Waals surface area contributed by atoms with E-state index in [0.717, 1.165) is 52.8 Å². The van der Waals surface area contributed by atoms with Gasteiger partial charge < -0.3 is 15.4 Å². The molecule has 5 aromatic rings. The molecular formula is C31H27N5O2. The first-order chi connectivity index (χ1) is 18.7. The molecule has 2 heterocycles. The van der Waals surface area contributed by atoms with Gasteiger partial charge in [-0.2, -0.15) is 0 Å². The molecule has 0 atom stereocenters. The molecular weight excluding hydrogens is 474 g/mol. The molecule has 2 aromatic heterocycles. The number of anilines is 2. The maximum absolute atomic E-state index is 12.9. The van der Waals surface area contributed by atoms with Gasteiger partial charge in [-0.15, -0.1) is 0 Å². The van der Waals surface area contributed by atoms with Crippen LogP contribution in [0.15, 0.2) is 85.2 Å². The predicted octanol–water partition coefficient (Wildman–Crippen LogP) is 7.18. The largest absolute Gasteiger partial charge is 0.438 e. The fourth-order valence-corrected chi connectivity index (χ4v) is 4.89. The minimum atomic E-state index is -0.288. The van der Waals surface area contributed by atoms with Crippen molar-refractivity contribution < 1.29 is 9.53 Å². The monoisotopic (exact) mass is 501 g/mol. The van der Waals surface area contributed by atoms with Crippen LogP contribution in [0.4, 0.5) is 16.2 Å². The zero-order valence-electron chi connectivity index (χ0n) is 21.1. The third kappa shape index (κ3) is 4.78. The first-order valence-corrected chi connectivity index (χ1v) is 12.8. The molecule has 7 nitrogen and oxygen atoms in total. The van der Waals surface area contributed by atoms with Crippen LogP contribution in [-0.2, 0) is 19.3 Å². The van der Waals surface area contributed by atoms with E-state index in [1.807, 2.05) is 67.6 Å². The van der Waals surface area contributed by atoms with Crippen molar-refractivity contribution >= 4 is 28.2 Å². The van der Waals surface area contributed by atoms with Gasteiger partial charge in [0, 0.05) is 35.3 Å². The molecule has 3 aromatic carbocycles. The number of aromatic nitrogens is 3. The van der Waals surface area contributed by atoms with Crippen LogP contribution in [-0.4, -0.2) is 21.0 Å². The third-order valence-electron chi connectivity index (χ3n) is 6.76. The van der Waals surface area contributed by atoms with Crippen LogP contribution in [0.5, 0.6) is 11.6 Å². The SMILES string of the molecule is CCc1nccc(-c2cccnc2Oc2ccc(NC(=O)Nc3ccc4c(c3)CCC4)c3ccccc23)n1. The second-order valence-corrected chi connectivity index (χ2v) is 9.24. The number of pyridine rings is 1. The van der Waals surface area contributed by atoms with E-state index in [1.165, 1.54) is 17.5 Å². The van der Waals surface area contributed by atoms with Crippen molar-refractivity contribution in [2.45, 2.75) is 32.6 Å². The average molecular weight is 502 g/mol. The number of rotatable bonds is 6. The summed E-state index contributed by atoms with van der Waals surface area (Å²) in [6.45, 7) is 2.02. The molecule has 0 aliphatic heterocycles. The van der Waals surface area contributed by atoms with E-state index < -0.39 is 0 Å². The highest BCUT2D eigenvalue weighted by molar-refractivity contribution is 6.07. The molecule has 1 aliphatic rings. The van der Waals surface area contributed by atoms with Crippen LogP contribution in [0.25, 0.3) is 22.0 Å². The fourth-order valence-electron chi connectivity index (χ4n) is 4.89. The zero-order chi connectivity index (χ0) is 25.9. The number of amides is 2. The van der Waals surface area contributed by atoms with Crippen molar-refractivity contribution in [1.82, 2.24) is 15.0 Å². The maximum atomic E-state index is 12.9. The number of carbonyl (C=O) groups excluding carboxylic acids is 1. The second kappa shape index (κ2) is 10.3. The Hall–Kier alpha value is -4.78. The molecule has 0 unspecified atom stereocenters. The molecule has 0 spiro atoms. The summed E-state index contributed by atoms with van der Waals surface area (Å²) in [5.41, 5.74) is 5.72. The van der Waals surface area contributed by atoms with E-state index in [-0.39, 0.29) is 6.03 Å². The number of ether oxygens (including phenoxy) is 1. The van der Waals surface area contributed by atoms with Crippen LogP contribution < -0.4 is 15.4 Å². The molecule has 0 fully saturated rings. The number of nitrogens with one attached hydrogen (secondary N) is 2. The van der Waals surface area contributed by atoms with Gasteiger partial charge in [0.05, 0.1) is 16.9 Å². The number of carbonyl (C=O) groups is 1. The van der Waals surface area contributed by atoms with Gasteiger partial charge in [0.1, 0.15) is 11.6 Å². The molecule has 6 rings (SSSR count). The number of urea groups is 1. The Balaban J connectivity index is 1.27. The number of fused-ring (bicyclic) bond motifs is 2. The molecule has 38 heavy (non-hydrogen) atoms. The van der Waals surface area contributed by atoms with Crippen LogP contribution >= 0.6 is 0 Å². The molecule has 1 aliphatic carbocycles. The summed E-state index contributed by atoms with van der Waals surface area (Å²) in [6.07, 6.45) is 7.53. The normalized spacial score (nSPS) is 12.2. The van der Waals surface area contributed by atoms with Gasteiger partial charge in [0.15, 0.2) is 0 Å². The minimum absolute atomic E-state index is 0.288. The number of benzene rings is 3. The van der Waals surface area contributed by atoms with Crippen molar-refractivity contribution in [3.05, 3.63) is 102 Å². The summed E-state index contributed by atoms with van der Waals surface area (Å²) < 4.78 is 6.35. The van der Waals surface area contributed by atoms with E-state index >= 15 is 0 Å². The van der Waals surface area contributed by atoms with Gasteiger partial charge in [0.25, 0.3) is 0 Å². The van der Waals surface area contributed by atoms with Crippen molar-refractivity contribution in [2.75, 3.05) is 10.6 Å². The minimum Gasteiger partial charge on any atom is -0.438 e. The van der Waals surface area contributed by atoms with Gasteiger partial charge in [0.2, 0.25) is 5.88 Å². The van der Waals surface area contributed by atoms with Crippen LogP contribution in [0.2, 0.25) is 0 Å². The van der Waals surface area contributed by atoms with E-state index in [4.69, 9.17) is 4.74 Å². The maximum Gasteiger partial charge on any atom is 0.323 e. The first-order valence-electron chi connectivity index (χ1n) is 12.8. The fraction of sp³-hybridized carbons (Fsp3) is 0.161. The second-order valence-electron chi connectivity index (χ2n) is 9.24. The molecule has 0 saturated carbocycles. The van der Waals surface area contributed by atoms with Crippen molar-refractivity contribution in [3.63, 3.8) is 0 Å². The Morgan fingerprint density at radius 3 is 2.63 bits per heavy atom. The molecule has 2 amide bonds. The lowest BCUT2D eigenvalue weighted by atomic mass is 10.1. The van der Waals surface area contributed by atoms with Crippen molar-refractivity contribution in [1.29, 1.82) is 0 Å². The van der Waals surface area contributed by atoms with Gasteiger partial charge in [-0.05, 0) is 72.9 Å². The quantitative estimate of drug-likeness (QED) is 0.257. The first kappa shape index (κ1) is 23.6. The Labute approximate surface area is 221 Å². The molecule has 0 radical (unpaired) electrons. The van der Waals surface area contributed by atoms with Crippen LogP contribution in [0.3, 0.4) is 0 Å². The highest BCUT2D eigenvalue weighted by Crippen LogP contribution is 2.37. The number of hydrogen-bond acceptors (Lipinski definition) is 5. The summed E-state index contributed by atoms with van der Waals surface area (Å²) in [5, 5.41) is 7.70. The highest BCUT2D eigenvalue weighted by Gasteiger charge is 2.16. The average Bonchev–Trinajstić information content (AvgIpc) is 3.43. The van der Waals surface area contributed by atoms with E-state index in [1.54, 1.807) is 12.4 Å². The Morgan fingerprint density at radius 1 is 0.868 bits per heavy atom. The van der Waals surface area contributed by atoms with E-state index in [2.05, 4.69) is 37.7 Å². The summed E-state index contributed by atoms with van der Waals surface area (Å²) in [4.78, 5) is 26.3. The Bertz CT molecular complexity index is 1650. The summed E-state index contributed by atoms with van der Waals surface area (Å²) in [7, 11) is 0. The number of aryl methyl sites for hydroxylation is 3. The topological polar surface area (TPSA) is 89.0 Å². The predicted molar refractivity (Wildman–Crippen MR) is 150 cm³/mol. The summed E-state index contributed by atoms with van der Waals surface area (Å²) in [5.74, 6) is 1.85. The van der Waals surface area contributed by atoms with Crippen LogP contribution in [0, 0.1) is 0 Å². The zero-order valence-corrected chi connectivity index (χ0v) is 21.1. The lowest BCUT2D eigenvalue weighted by molar-refractivity contribution is 0.262. The van der Waals surface area contributed by atoms with E-state index in [9.17, 15) is 4.79 Å². The molecule has 188 valence electrons. The lowest BCUT2D eigenvalue weighted by Crippen LogP contribution is -2.19. The van der Waals surface area contributed by atoms with Gasteiger partial charge in [-0.3, -0.25) is 0 Å². The molecule has 0 bridgehead atoms. The third-order valence-corrected chi connectivity index (χ3v) is 6.76. The van der Waals surface area contributed by atoms with Crippen LogP contribution in [0.1, 0.15) is 30.3 Å². The molecule has 0 saturated heterocycles. The summed E-state index contributed by atoms with van der Waals surface area (Å²) >= 11 is 0. The van der Waals surface area contributed by atoms with Gasteiger partial charge in [-0.1, -0.05) is 37.3 Å². The lowest BCUT2D eigenvalue weighted by Gasteiger charge is -2.15. The standard InChI is InChI=1S/C31H27N5O2/c1-2-29-32-18-16-27(35-29)25-11-6-17-33-30(25)38-28-15-14-26(23-9-3-4-10-24(23)28)36-31(37)34-22-13-12-20-7-5-8-21(20)19-22/h3-4,6,9-19H,2,5,7-8H2,1H3,(H2,34,36,37). The Morgan fingerprint density at radius 2 is 1.74 bits per heavy atom. The van der Waals surface area contributed by atoms with Gasteiger partial charge >= 0.3 is 6.03 Å². The molecule has 2 N–H and O–H groups in total. The Kier molecular flexibility index (Phi) is 6.40. The molecule has 7 heteroatoms. The number of hydrogen-bond donors (Lipinski definition) is 2. The van der Waals surface area contributed by atoms with Gasteiger partial charge in [-0.25, -0.2) is 19.7 Å². The number of nitrogens with zero attached hydrogens (tertiary/aromatic N) is 3. The van der Waals surface area contributed by atoms with Crippen molar-refractivity contribution in [2.24, 2.45) is 0 Å². The summed E-state index contributed by atoms with van der Waals surface area (Å²) in [6, 6.07) is 23.0.